The molecule has 0 bridgehead atoms. The van der Waals surface area contributed by atoms with Crippen molar-refractivity contribution in [3.8, 4) is 6.07 Å². The third-order valence-corrected chi connectivity index (χ3v) is 2.39. The summed E-state index contributed by atoms with van der Waals surface area (Å²) in [4.78, 5) is 48.6. The Hall–Kier alpha value is -2.89. The Bertz CT molecular complexity index is 678. The normalized spacial score (nSPS) is 10.0. The Morgan fingerprint density at radius 2 is 1.81 bits per heavy atom. The monoisotopic (exact) mass is 295 g/mol. The molecule has 1 rings (SSSR count). The van der Waals surface area contributed by atoms with E-state index in [4.69, 9.17) is 14.7 Å². The van der Waals surface area contributed by atoms with Gasteiger partial charge in [-0.3, -0.25) is 14.3 Å². The van der Waals surface area contributed by atoms with Crippen molar-refractivity contribution < 1.29 is 19.1 Å². The number of aromatic amines is 1. The molecule has 0 aliphatic carbocycles. The van der Waals surface area contributed by atoms with E-state index in [9.17, 15) is 19.2 Å². The summed E-state index contributed by atoms with van der Waals surface area (Å²) in [5.74, 6) is -2.04. The van der Waals surface area contributed by atoms with Crippen LogP contribution in [0.15, 0.2) is 15.8 Å². The second kappa shape index (κ2) is 7.04. The summed E-state index contributed by atoms with van der Waals surface area (Å²) in [6, 6.07) is -0.169. The second-order valence-electron chi connectivity index (χ2n) is 3.73. The SMILES string of the molecule is CCOC(=O)C(C(=O)OCC)n1cc(C#N)c(=O)[nH]c1=O. The van der Waals surface area contributed by atoms with Gasteiger partial charge in [-0.25, -0.2) is 14.4 Å². The van der Waals surface area contributed by atoms with E-state index < -0.39 is 34.8 Å². The first-order valence-corrected chi connectivity index (χ1v) is 6.05. The molecule has 9 nitrogen and oxygen atoms in total. The molecule has 0 spiro atoms. The molecule has 0 aliphatic rings. The minimum atomic E-state index is -1.72. The Labute approximate surface area is 118 Å². The number of aromatic nitrogens is 2. The molecule has 21 heavy (non-hydrogen) atoms. The van der Waals surface area contributed by atoms with Crippen LogP contribution in [0.25, 0.3) is 0 Å². The summed E-state index contributed by atoms with van der Waals surface area (Å²) in [6.07, 6.45) is 0.819. The Morgan fingerprint density at radius 3 is 2.24 bits per heavy atom. The third-order valence-electron chi connectivity index (χ3n) is 2.39. The molecule has 1 aromatic heterocycles. The predicted molar refractivity (Wildman–Crippen MR) is 68.3 cm³/mol. The van der Waals surface area contributed by atoms with Crippen molar-refractivity contribution in [3.05, 3.63) is 32.6 Å². The molecule has 0 aromatic carbocycles. The van der Waals surface area contributed by atoms with Gasteiger partial charge in [0, 0.05) is 6.20 Å². The highest BCUT2D eigenvalue weighted by Crippen LogP contribution is 2.09. The summed E-state index contributed by atoms with van der Waals surface area (Å²) in [6.45, 7) is 3.02. The molecule has 0 saturated carbocycles. The van der Waals surface area contributed by atoms with E-state index in [-0.39, 0.29) is 13.2 Å². The van der Waals surface area contributed by atoms with Crippen LogP contribution >= 0.6 is 0 Å². The highest BCUT2D eigenvalue weighted by molar-refractivity contribution is 5.97. The van der Waals surface area contributed by atoms with E-state index in [0.29, 0.717) is 4.57 Å². The zero-order valence-electron chi connectivity index (χ0n) is 11.4. The molecule has 0 atom stereocenters. The highest BCUT2D eigenvalue weighted by atomic mass is 16.6. The van der Waals surface area contributed by atoms with E-state index in [1.165, 1.54) is 13.8 Å². The first-order valence-electron chi connectivity index (χ1n) is 6.05. The molecule has 1 N–H and O–H groups in total. The van der Waals surface area contributed by atoms with E-state index in [1.807, 2.05) is 4.98 Å². The maximum absolute atomic E-state index is 11.8. The second-order valence-corrected chi connectivity index (χ2v) is 3.73. The van der Waals surface area contributed by atoms with Crippen molar-refractivity contribution in [2.24, 2.45) is 0 Å². The van der Waals surface area contributed by atoms with Crippen molar-refractivity contribution in [1.82, 2.24) is 9.55 Å². The molecule has 0 aliphatic heterocycles. The van der Waals surface area contributed by atoms with Gasteiger partial charge in [-0.2, -0.15) is 5.26 Å². The lowest BCUT2D eigenvalue weighted by Crippen LogP contribution is -2.41. The van der Waals surface area contributed by atoms with Crippen LogP contribution in [0, 0.1) is 11.3 Å². The van der Waals surface area contributed by atoms with Crippen LogP contribution in [-0.2, 0) is 19.1 Å². The smallest absolute Gasteiger partial charge is 0.341 e. The summed E-state index contributed by atoms with van der Waals surface area (Å²) >= 11 is 0. The molecular formula is C12H13N3O6. The highest BCUT2D eigenvalue weighted by Gasteiger charge is 2.33. The zero-order chi connectivity index (χ0) is 16.0. The molecule has 0 fully saturated rings. The van der Waals surface area contributed by atoms with Gasteiger partial charge in [-0.15, -0.1) is 0 Å². The molecule has 9 heteroatoms. The molecule has 0 amide bonds. The van der Waals surface area contributed by atoms with Gasteiger partial charge in [0.25, 0.3) is 5.56 Å². The van der Waals surface area contributed by atoms with Crippen LogP contribution in [0.2, 0.25) is 0 Å². The van der Waals surface area contributed by atoms with Crippen molar-refractivity contribution in [3.63, 3.8) is 0 Å². The number of nitriles is 1. The number of carbonyl (C=O) groups excluding carboxylic acids is 2. The van der Waals surface area contributed by atoms with Gasteiger partial charge in [0.2, 0.25) is 6.04 Å². The number of nitrogens with one attached hydrogen (secondary N) is 1. The maximum atomic E-state index is 11.8. The lowest BCUT2D eigenvalue weighted by Gasteiger charge is -2.16. The van der Waals surface area contributed by atoms with E-state index >= 15 is 0 Å². The van der Waals surface area contributed by atoms with Gasteiger partial charge in [0.05, 0.1) is 13.2 Å². The molecule has 112 valence electrons. The van der Waals surface area contributed by atoms with Crippen molar-refractivity contribution in [1.29, 1.82) is 5.26 Å². The van der Waals surface area contributed by atoms with Crippen molar-refractivity contribution in [2.75, 3.05) is 13.2 Å². The fourth-order valence-corrected chi connectivity index (χ4v) is 1.52. The summed E-state index contributed by atoms with van der Waals surface area (Å²) in [5, 5.41) is 8.78. The summed E-state index contributed by atoms with van der Waals surface area (Å²) in [5.41, 5.74) is -2.36. The van der Waals surface area contributed by atoms with Crippen LogP contribution in [0.5, 0.6) is 0 Å². The Balaban J connectivity index is 3.43. The van der Waals surface area contributed by atoms with Crippen LogP contribution < -0.4 is 11.2 Å². The quantitative estimate of drug-likeness (QED) is 0.548. The minimum Gasteiger partial charge on any atom is -0.464 e. The van der Waals surface area contributed by atoms with Crippen LogP contribution in [0.3, 0.4) is 0 Å². The average molecular weight is 295 g/mol. The summed E-state index contributed by atoms with van der Waals surface area (Å²) in [7, 11) is 0. The molecule has 0 unspecified atom stereocenters. The van der Waals surface area contributed by atoms with Gasteiger partial charge < -0.3 is 9.47 Å². The van der Waals surface area contributed by atoms with Crippen molar-refractivity contribution in [2.45, 2.75) is 19.9 Å². The number of nitrogens with zero attached hydrogens (tertiary/aromatic N) is 2. The fourth-order valence-electron chi connectivity index (χ4n) is 1.52. The number of hydrogen-bond acceptors (Lipinski definition) is 7. The predicted octanol–water partition coefficient (Wildman–Crippen LogP) is -0.924. The average Bonchev–Trinajstić information content (AvgIpc) is 2.42. The minimum absolute atomic E-state index is 0.0159. The summed E-state index contributed by atoms with van der Waals surface area (Å²) < 4.78 is 10.0. The lowest BCUT2D eigenvalue weighted by molar-refractivity contribution is -0.160. The third kappa shape index (κ3) is 3.56. The zero-order valence-corrected chi connectivity index (χ0v) is 11.4. The number of rotatable bonds is 5. The topological polar surface area (TPSA) is 131 Å². The van der Waals surface area contributed by atoms with Crippen LogP contribution in [-0.4, -0.2) is 34.7 Å². The van der Waals surface area contributed by atoms with Crippen molar-refractivity contribution >= 4 is 11.9 Å². The largest absolute Gasteiger partial charge is 0.464 e. The van der Waals surface area contributed by atoms with Gasteiger partial charge >= 0.3 is 17.6 Å². The van der Waals surface area contributed by atoms with Gasteiger partial charge in [0.1, 0.15) is 11.6 Å². The van der Waals surface area contributed by atoms with Gasteiger partial charge in [0.15, 0.2) is 0 Å². The first-order chi connectivity index (χ1) is 9.96. The maximum Gasteiger partial charge on any atom is 0.341 e. The number of hydrogen-bond donors (Lipinski definition) is 1. The fraction of sp³-hybridized carbons (Fsp3) is 0.417. The number of ether oxygens (including phenoxy) is 2. The number of esters is 2. The standard InChI is InChI=1S/C12H13N3O6/c1-3-20-10(17)8(11(18)21-4-2)15-6-7(5-13)9(16)14-12(15)19/h6,8H,3-4H2,1-2H3,(H,14,16,19). The molecule has 0 radical (unpaired) electrons. The molecule has 1 aromatic rings. The molecular weight excluding hydrogens is 282 g/mol. The molecule has 1 heterocycles. The van der Waals surface area contributed by atoms with Gasteiger partial charge in [-0.05, 0) is 13.8 Å². The number of carbonyl (C=O) groups is 2. The van der Waals surface area contributed by atoms with E-state index in [0.717, 1.165) is 6.20 Å². The van der Waals surface area contributed by atoms with E-state index in [2.05, 4.69) is 0 Å². The Kier molecular flexibility index (Phi) is 5.42. The van der Waals surface area contributed by atoms with Crippen LogP contribution in [0.1, 0.15) is 25.5 Å². The van der Waals surface area contributed by atoms with E-state index in [1.54, 1.807) is 6.07 Å². The first kappa shape index (κ1) is 16.2. The van der Waals surface area contributed by atoms with Gasteiger partial charge in [-0.1, -0.05) is 0 Å². The Morgan fingerprint density at radius 1 is 1.29 bits per heavy atom. The number of H-pyrrole nitrogens is 1. The lowest BCUT2D eigenvalue weighted by atomic mass is 10.2. The van der Waals surface area contributed by atoms with Crippen LogP contribution in [0.4, 0.5) is 0 Å². The molecule has 0 saturated heterocycles.